The van der Waals surface area contributed by atoms with Crippen molar-refractivity contribution in [2.75, 3.05) is 12.4 Å². The lowest BCUT2D eigenvalue weighted by Crippen LogP contribution is -2.36. The van der Waals surface area contributed by atoms with Gasteiger partial charge in [0, 0.05) is 31.1 Å². The van der Waals surface area contributed by atoms with Gasteiger partial charge >= 0.3 is 0 Å². The fourth-order valence-corrected chi connectivity index (χ4v) is 2.65. The highest BCUT2D eigenvalue weighted by Gasteiger charge is 2.19. The Labute approximate surface area is 196 Å². The Balaban J connectivity index is 0.00000450. The molecule has 0 aliphatic rings. The molecule has 0 bridgehead atoms. The minimum absolute atomic E-state index is 0. The van der Waals surface area contributed by atoms with Gasteiger partial charge in [0.1, 0.15) is 5.76 Å². The lowest BCUT2D eigenvalue weighted by Gasteiger charge is -2.14. The molecule has 7 nitrogen and oxygen atoms in total. The van der Waals surface area contributed by atoms with E-state index < -0.39 is 0 Å². The first-order valence-corrected chi connectivity index (χ1v) is 9.96. The maximum absolute atomic E-state index is 12.0. The minimum Gasteiger partial charge on any atom is -0.443 e. The molecule has 0 radical (unpaired) electrons. The first-order valence-electron chi connectivity index (χ1n) is 9.96. The largest absolute Gasteiger partial charge is 0.443 e. The average molecular weight is 527 g/mol. The molecule has 30 heavy (non-hydrogen) atoms. The van der Waals surface area contributed by atoms with Gasteiger partial charge in [0.05, 0.1) is 12.7 Å². The number of rotatable bonds is 7. The SMILES string of the molecule is CN=C(NCc1cccc(NC(=O)CC(C)C)c1)NCc1ncc(C(C)(C)C)o1.I. The summed E-state index contributed by atoms with van der Waals surface area (Å²) in [6, 6.07) is 7.79. The van der Waals surface area contributed by atoms with Crippen LogP contribution in [0.2, 0.25) is 0 Å². The molecule has 0 atom stereocenters. The average Bonchev–Trinajstić information content (AvgIpc) is 3.11. The van der Waals surface area contributed by atoms with Crippen LogP contribution < -0.4 is 16.0 Å². The van der Waals surface area contributed by atoms with Crippen molar-refractivity contribution < 1.29 is 9.21 Å². The van der Waals surface area contributed by atoms with E-state index in [1.165, 1.54) is 0 Å². The highest BCUT2D eigenvalue weighted by atomic mass is 127. The molecule has 2 rings (SSSR count). The van der Waals surface area contributed by atoms with Crippen LogP contribution in [0.5, 0.6) is 0 Å². The van der Waals surface area contributed by atoms with Gasteiger partial charge in [0.2, 0.25) is 11.8 Å². The summed E-state index contributed by atoms with van der Waals surface area (Å²) in [5.41, 5.74) is 1.77. The predicted octanol–water partition coefficient (Wildman–Crippen LogP) is 4.44. The van der Waals surface area contributed by atoms with E-state index in [0.717, 1.165) is 17.0 Å². The summed E-state index contributed by atoms with van der Waals surface area (Å²) in [5, 5.41) is 9.41. The number of carbonyl (C=O) groups is 1. The van der Waals surface area contributed by atoms with Gasteiger partial charge in [-0.15, -0.1) is 24.0 Å². The molecule has 1 aromatic carbocycles. The lowest BCUT2D eigenvalue weighted by atomic mass is 9.94. The maximum Gasteiger partial charge on any atom is 0.224 e. The van der Waals surface area contributed by atoms with E-state index in [9.17, 15) is 4.79 Å². The number of benzene rings is 1. The van der Waals surface area contributed by atoms with E-state index in [4.69, 9.17) is 4.42 Å². The van der Waals surface area contributed by atoms with Crippen LogP contribution in [0.15, 0.2) is 39.9 Å². The van der Waals surface area contributed by atoms with Gasteiger partial charge in [-0.25, -0.2) is 4.98 Å². The number of hydrogen-bond acceptors (Lipinski definition) is 4. The Morgan fingerprint density at radius 3 is 2.50 bits per heavy atom. The second kappa shape index (κ2) is 11.9. The molecule has 0 saturated heterocycles. The molecule has 3 N–H and O–H groups in total. The summed E-state index contributed by atoms with van der Waals surface area (Å²) in [6.45, 7) is 11.3. The molecular weight excluding hydrogens is 493 g/mol. The van der Waals surface area contributed by atoms with Crippen LogP contribution >= 0.6 is 24.0 Å². The number of aliphatic imine (C=N–C) groups is 1. The number of aromatic nitrogens is 1. The Bertz CT molecular complexity index is 840. The maximum atomic E-state index is 12.0. The summed E-state index contributed by atoms with van der Waals surface area (Å²) >= 11 is 0. The van der Waals surface area contributed by atoms with Crippen molar-refractivity contribution in [1.29, 1.82) is 0 Å². The highest BCUT2D eigenvalue weighted by Crippen LogP contribution is 2.22. The molecule has 1 heterocycles. The highest BCUT2D eigenvalue weighted by molar-refractivity contribution is 14.0. The number of nitrogens with zero attached hydrogens (tertiary/aromatic N) is 2. The molecule has 0 saturated carbocycles. The third-order valence-corrected chi connectivity index (χ3v) is 4.19. The van der Waals surface area contributed by atoms with Crippen LogP contribution in [0.3, 0.4) is 0 Å². The molecular formula is C22H34IN5O2. The molecule has 2 aromatic rings. The van der Waals surface area contributed by atoms with Crippen molar-refractivity contribution in [2.45, 2.75) is 59.5 Å². The Kier molecular flexibility index (Phi) is 10.3. The van der Waals surface area contributed by atoms with Crippen molar-refractivity contribution in [1.82, 2.24) is 15.6 Å². The number of oxazole rings is 1. The third-order valence-electron chi connectivity index (χ3n) is 4.19. The monoisotopic (exact) mass is 527 g/mol. The number of nitrogens with one attached hydrogen (secondary N) is 3. The second-order valence-corrected chi connectivity index (χ2v) is 8.49. The van der Waals surface area contributed by atoms with Gasteiger partial charge in [-0.3, -0.25) is 9.79 Å². The van der Waals surface area contributed by atoms with Crippen molar-refractivity contribution in [3.8, 4) is 0 Å². The molecule has 0 aliphatic heterocycles. The van der Waals surface area contributed by atoms with E-state index >= 15 is 0 Å². The van der Waals surface area contributed by atoms with Gasteiger partial charge in [-0.05, 0) is 23.6 Å². The first-order chi connectivity index (χ1) is 13.7. The van der Waals surface area contributed by atoms with Crippen LogP contribution in [-0.4, -0.2) is 23.9 Å². The van der Waals surface area contributed by atoms with Crippen LogP contribution in [0.1, 0.15) is 58.3 Å². The van der Waals surface area contributed by atoms with Crippen molar-refractivity contribution in [2.24, 2.45) is 10.9 Å². The molecule has 166 valence electrons. The third kappa shape index (κ3) is 8.73. The molecule has 1 amide bonds. The van der Waals surface area contributed by atoms with E-state index in [1.807, 2.05) is 38.1 Å². The normalized spacial score (nSPS) is 11.8. The van der Waals surface area contributed by atoms with Gasteiger partial charge in [-0.2, -0.15) is 0 Å². The molecule has 8 heteroatoms. The number of guanidine groups is 1. The quantitative estimate of drug-likeness (QED) is 0.282. The predicted molar refractivity (Wildman–Crippen MR) is 132 cm³/mol. The summed E-state index contributed by atoms with van der Waals surface area (Å²) in [5.74, 6) is 2.48. The Morgan fingerprint density at radius 2 is 1.90 bits per heavy atom. The Morgan fingerprint density at radius 1 is 1.20 bits per heavy atom. The van der Waals surface area contributed by atoms with Gasteiger partial charge in [0.15, 0.2) is 5.96 Å². The number of halogens is 1. The van der Waals surface area contributed by atoms with Gasteiger partial charge in [-0.1, -0.05) is 46.8 Å². The number of hydrogen-bond donors (Lipinski definition) is 3. The number of amides is 1. The Hall–Kier alpha value is -2.10. The summed E-state index contributed by atoms with van der Waals surface area (Å²) in [7, 11) is 1.72. The van der Waals surface area contributed by atoms with Crippen molar-refractivity contribution in [3.63, 3.8) is 0 Å². The second-order valence-electron chi connectivity index (χ2n) is 8.49. The van der Waals surface area contributed by atoms with Crippen LogP contribution in [0.25, 0.3) is 0 Å². The van der Waals surface area contributed by atoms with Crippen LogP contribution in [0, 0.1) is 5.92 Å². The zero-order valence-corrected chi connectivity index (χ0v) is 21.0. The van der Waals surface area contributed by atoms with E-state index in [2.05, 4.69) is 46.7 Å². The first kappa shape index (κ1) is 25.9. The molecule has 0 fully saturated rings. The molecule has 0 aliphatic carbocycles. The fraction of sp³-hybridized carbons (Fsp3) is 0.500. The minimum atomic E-state index is -0.0687. The smallest absolute Gasteiger partial charge is 0.224 e. The zero-order chi connectivity index (χ0) is 21.4. The summed E-state index contributed by atoms with van der Waals surface area (Å²) in [4.78, 5) is 20.5. The number of carbonyl (C=O) groups excluding carboxylic acids is 1. The van der Waals surface area contributed by atoms with Crippen molar-refractivity contribution >= 4 is 41.5 Å². The van der Waals surface area contributed by atoms with E-state index in [0.29, 0.717) is 37.3 Å². The summed E-state index contributed by atoms with van der Waals surface area (Å²) in [6.07, 6.45) is 2.28. The standard InChI is InChI=1S/C22H33N5O2.HI/c1-15(2)10-19(28)27-17-9-7-8-16(11-17)12-25-21(23-6)26-14-20-24-13-18(29-20)22(3,4)5;/h7-9,11,13,15H,10,12,14H2,1-6H3,(H,27,28)(H2,23,25,26);1H. The number of anilines is 1. The summed E-state index contributed by atoms with van der Waals surface area (Å²) < 4.78 is 5.79. The van der Waals surface area contributed by atoms with Crippen LogP contribution in [-0.2, 0) is 23.3 Å². The van der Waals surface area contributed by atoms with Crippen LogP contribution in [0.4, 0.5) is 5.69 Å². The van der Waals surface area contributed by atoms with Gasteiger partial charge in [0.25, 0.3) is 0 Å². The topological polar surface area (TPSA) is 91.5 Å². The molecule has 0 spiro atoms. The molecule has 0 unspecified atom stereocenters. The lowest BCUT2D eigenvalue weighted by molar-refractivity contribution is -0.116. The van der Waals surface area contributed by atoms with E-state index in [1.54, 1.807) is 13.2 Å². The van der Waals surface area contributed by atoms with E-state index in [-0.39, 0.29) is 35.3 Å². The molecule has 1 aromatic heterocycles. The fourth-order valence-electron chi connectivity index (χ4n) is 2.65. The zero-order valence-electron chi connectivity index (χ0n) is 18.7. The van der Waals surface area contributed by atoms with Crippen molar-refractivity contribution in [3.05, 3.63) is 47.7 Å². The van der Waals surface area contributed by atoms with Gasteiger partial charge < -0.3 is 20.4 Å².